The van der Waals surface area contributed by atoms with E-state index in [1.165, 1.54) is 12.1 Å². The van der Waals surface area contributed by atoms with Gasteiger partial charge in [-0.05, 0) is 57.2 Å². The Morgan fingerprint density at radius 1 is 1.10 bits per heavy atom. The number of nitrogens with zero attached hydrogens (tertiary/aromatic N) is 3. The van der Waals surface area contributed by atoms with E-state index in [1.54, 1.807) is 18.2 Å². The lowest BCUT2D eigenvalue weighted by Gasteiger charge is -2.18. The van der Waals surface area contributed by atoms with E-state index in [0.29, 0.717) is 11.3 Å². The number of halogens is 1. The molecule has 4 rings (SSSR count). The van der Waals surface area contributed by atoms with Crippen LogP contribution >= 0.6 is 0 Å². The molecular weight excluding hydrogens is 371 g/mol. The van der Waals surface area contributed by atoms with E-state index in [9.17, 15) is 9.18 Å². The molecule has 0 fully saturated rings. The summed E-state index contributed by atoms with van der Waals surface area (Å²) < 4.78 is 20.4. The fourth-order valence-corrected chi connectivity index (χ4v) is 3.38. The summed E-state index contributed by atoms with van der Waals surface area (Å²) in [6, 6.07) is 15.1. The number of aromatic nitrogens is 3. The number of nitrogens with one attached hydrogen (secondary N) is 1. The van der Waals surface area contributed by atoms with Crippen LogP contribution < -0.4 is 5.32 Å². The van der Waals surface area contributed by atoms with Crippen LogP contribution in [0, 0.1) is 5.82 Å². The third kappa shape index (κ3) is 3.63. The number of benzene rings is 2. The minimum atomic E-state index is -0.388. The SMILES string of the molecule is CC(NC(=O)c1cc(-c2ccc(F)cc2)no1)c1nc2ccccc2n1C(C)C. The highest BCUT2D eigenvalue weighted by molar-refractivity contribution is 5.92. The molecule has 2 aromatic carbocycles. The van der Waals surface area contributed by atoms with Crippen LogP contribution in [0.1, 0.15) is 49.2 Å². The van der Waals surface area contributed by atoms with Crippen LogP contribution in [0.2, 0.25) is 0 Å². The smallest absolute Gasteiger partial charge is 0.290 e. The number of hydrogen-bond donors (Lipinski definition) is 1. The third-order valence-electron chi connectivity index (χ3n) is 4.75. The van der Waals surface area contributed by atoms with Crippen LogP contribution in [0.4, 0.5) is 4.39 Å². The number of imidazole rings is 1. The summed E-state index contributed by atoms with van der Waals surface area (Å²) in [4.78, 5) is 17.4. The molecule has 1 atom stereocenters. The molecule has 0 saturated heterocycles. The molecule has 1 N–H and O–H groups in total. The van der Waals surface area contributed by atoms with Gasteiger partial charge >= 0.3 is 0 Å². The molecule has 1 unspecified atom stereocenters. The van der Waals surface area contributed by atoms with E-state index in [2.05, 4.69) is 28.9 Å². The van der Waals surface area contributed by atoms with E-state index in [-0.39, 0.29) is 29.6 Å². The Labute approximate surface area is 167 Å². The molecule has 0 saturated carbocycles. The van der Waals surface area contributed by atoms with Gasteiger partial charge in [0, 0.05) is 17.7 Å². The van der Waals surface area contributed by atoms with E-state index < -0.39 is 0 Å². The predicted octanol–water partition coefficient (Wildman–Crippen LogP) is 4.90. The lowest BCUT2D eigenvalue weighted by atomic mass is 10.1. The second-order valence-electron chi connectivity index (χ2n) is 7.20. The number of hydrogen-bond acceptors (Lipinski definition) is 4. The second kappa shape index (κ2) is 7.50. The fraction of sp³-hybridized carbons (Fsp3) is 0.227. The summed E-state index contributed by atoms with van der Waals surface area (Å²) in [6.07, 6.45) is 0. The van der Waals surface area contributed by atoms with Crippen LogP contribution in [0.25, 0.3) is 22.3 Å². The fourth-order valence-electron chi connectivity index (χ4n) is 3.38. The molecule has 1 amide bonds. The van der Waals surface area contributed by atoms with Gasteiger partial charge in [-0.3, -0.25) is 4.79 Å². The predicted molar refractivity (Wildman–Crippen MR) is 108 cm³/mol. The molecule has 2 aromatic heterocycles. The number of fused-ring (bicyclic) bond motifs is 1. The Morgan fingerprint density at radius 2 is 1.83 bits per heavy atom. The molecule has 148 valence electrons. The van der Waals surface area contributed by atoms with Gasteiger partial charge in [0.25, 0.3) is 5.91 Å². The highest BCUT2D eigenvalue weighted by Gasteiger charge is 2.22. The Bertz CT molecular complexity index is 1160. The maximum Gasteiger partial charge on any atom is 0.290 e. The first-order chi connectivity index (χ1) is 13.9. The van der Waals surface area contributed by atoms with Crippen molar-refractivity contribution in [3.8, 4) is 11.3 Å². The van der Waals surface area contributed by atoms with Crippen molar-refractivity contribution in [2.45, 2.75) is 32.9 Å². The third-order valence-corrected chi connectivity index (χ3v) is 4.75. The van der Waals surface area contributed by atoms with Crippen molar-refractivity contribution in [3.63, 3.8) is 0 Å². The topological polar surface area (TPSA) is 73.0 Å². The van der Waals surface area contributed by atoms with Crippen LogP contribution in [0.15, 0.2) is 59.1 Å². The summed E-state index contributed by atoms with van der Waals surface area (Å²) in [6.45, 7) is 6.05. The van der Waals surface area contributed by atoms with Gasteiger partial charge in [-0.25, -0.2) is 9.37 Å². The van der Waals surface area contributed by atoms with Crippen molar-refractivity contribution >= 4 is 16.9 Å². The Hall–Kier alpha value is -3.48. The van der Waals surface area contributed by atoms with E-state index >= 15 is 0 Å². The number of carbonyl (C=O) groups is 1. The summed E-state index contributed by atoms with van der Waals surface area (Å²) >= 11 is 0. The van der Waals surface area contributed by atoms with Gasteiger partial charge in [-0.15, -0.1) is 0 Å². The average Bonchev–Trinajstić information content (AvgIpc) is 3.33. The molecule has 0 aliphatic heterocycles. The van der Waals surface area contributed by atoms with Gasteiger partial charge in [-0.1, -0.05) is 17.3 Å². The molecule has 0 aliphatic rings. The summed E-state index contributed by atoms with van der Waals surface area (Å²) in [5, 5.41) is 6.85. The number of carbonyl (C=O) groups excluding carboxylic acids is 1. The van der Waals surface area contributed by atoms with Gasteiger partial charge < -0.3 is 14.4 Å². The molecule has 6 nitrogen and oxygen atoms in total. The van der Waals surface area contributed by atoms with Crippen LogP contribution in [-0.4, -0.2) is 20.6 Å². The van der Waals surface area contributed by atoms with Crippen LogP contribution in [-0.2, 0) is 0 Å². The monoisotopic (exact) mass is 392 g/mol. The summed E-state index contributed by atoms with van der Waals surface area (Å²) in [5.41, 5.74) is 3.05. The number of amides is 1. The first-order valence-electron chi connectivity index (χ1n) is 9.44. The maximum atomic E-state index is 13.1. The Kier molecular flexibility index (Phi) is 4.88. The quantitative estimate of drug-likeness (QED) is 0.524. The zero-order valence-electron chi connectivity index (χ0n) is 16.4. The van der Waals surface area contributed by atoms with Crippen molar-refractivity contribution in [3.05, 3.63) is 72.0 Å². The summed E-state index contributed by atoms with van der Waals surface area (Å²) in [7, 11) is 0. The van der Waals surface area contributed by atoms with Crippen molar-refractivity contribution in [2.24, 2.45) is 0 Å². The second-order valence-corrected chi connectivity index (χ2v) is 7.20. The lowest BCUT2D eigenvalue weighted by molar-refractivity contribution is 0.0900. The lowest BCUT2D eigenvalue weighted by Crippen LogP contribution is -2.28. The van der Waals surface area contributed by atoms with Crippen molar-refractivity contribution in [1.29, 1.82) is 0 Å². The van der Waals surface area contributed by atoms with E-state index in [0.717, 1.165) is 16.9 Å². The van der Waals surface area contributed by atoms with Crippen LogP contribution in [0.5, 0.6) is 0 Å². The molecule has 2 heterocycles. The summed E-state index contributed by atoms with van der Waals surface area (Å²) in [5.74, 6) is 0.133. The molecular formula is C22H21FN4O2. The Morgan fingerprint density at radius 3 is 2.55 bits per heavy atom. The first-order valence-corrected chi connectivity index (χ1v) is 9.44. The minimum Gasteiger partial charge on any atom is -0.350 e. The average molecular weight is 392 g/mol. The largest absolute Gasteiger partial charge is 0.350 e. The maximum absolute atomic E-state index is 13.1. The van der Waals surface area contributed by atoms with Crippen molar-refractivity contribution in [1.82, 2.24) is 20.0 Å². The molecule has 0 aliphatic carbocycles. The number of para-hydroxylation sites is 2. The molecule has 0 spiro atoms. The highest BCUT2D eigenvalue weighted by Crippen LogP contribution is 2.25. The zero-order valence-corrected chi connectivity index (χ0v) is 16.4. The molecule has 7 heteroatoms. The zero-order chi connectivity index (χ0) is 20.5. The highest BCUT2D eigenvalue weighted by atomic mass is 19.1. The van der Waals surface area contributed by atoms with Crippen molar-refractivity contribution in [2.75, 3.05) is 0 Å². The van der Waals surface area contributed by atoms with Crippen LogP contribution in [0.3, 0.4) is 0 Å². The molecule has 4 aromatic rings. The molecule has 29 heavy (non-hydrogen) atoms. The van der Waals surface area contributed by atoms with E-state index in [1.807, 2.05) is 31.2 Å². The first kappa shape index (κ1) is 18.9. The van der Waals surface area contributed by atoms with Gasteiger partial charge in [-0.2, -0.15) is 0 Å². The van der Waals surface area contributed by atoms with Gasteiger partial charge in [0.05, 0.1) is 17.1 Å². The van der Waals surface area contributed by atoms with Gasteiger partial charge in [0.15, 0.2) is 0 Å². The molecule has 0 radical (unpaired) electrons. The standard InChI is InChI=1S/C22H21FN4O2/c1-13(2)27-19-7-5-4-6-17(19)25-21(27)14(3)24-22(28)20-12-18(26-29-20)15-8-10-16(23)11-9-15/h4-14H,1-3H3,(H,24,28). The normalized spacial score (nSPS) is 12.4. The Balaban J connectivity index is 1.57. The minimum absolute atomic E-state index is 0.0865. The van der Waals surface area contributed by atoms with Gasteiger partial charge in [0.2, 0.25) is 5.76 Å². The van der Waals surface area contributed by atoms with Gasteiger partial charge in [0.1, 0.15) is 17.3 Å². The van der Waals surface area contributed by atoms with Crippen molar-refractivity contribution < 1.29 is 13.7 Å². The van der Waals surface area contributed by atoms with E-state index in [4.69, 9.17) is 9.51 Å². The molecule has 0 bridgehead atoms. The number of rotatable bonds is 5.